The van der Waals surface area contributed by atoms with Crippen molar-refractivity contribution in [1.29, 1.82) is 0 Å². The predicted molar refractivity (Wildman–Crippen MR) is 126 cm³/mol. The first-order valence-electron chi connectivity index (χ1n) is 11.1. The monoisotopic (exact) mass is 457 g/mol. The molecule has 3 N–H and O–H groups in total. The van der Waals surface area contributed by atoms with Gasteiger partial charge in [0.15, 0.2) is 5.13 Å². The van der Waals surface area contributed by atoms with Crippen LogP contribution in [0, 0.1) is 0 Å². The summed E-state index contributed by atoms with van der Waals surface area (Å²) in [4.78, 5) is 20.4. The lowest BCUT2D eigenvalue weighted by Gasteiger charge is -2.45. The van der Waals surface area contributed by atoms with E-state index in [0.717, 1.165) is 48.4 Å². The molecule has 164 valence electrons. The molecule has 1 saturated carbocycles. The number of carbonyl (C=O) groups excluding carboxylic acids is 1. The van der Waals surface area contributed by atoms with Crippen molar-refractivity contribution >= 4 is 39.7 Å². The molecule has 1 aliphatic carbocycles. The Labute approximate surface area is 191 Å². The van der Waals surface area contributed by atoms with Crippen molar-refractivity contribution in [2.24, 2.45) is 5.73 Å². The van der Waals surface area contributed by atoms with Crippen LogP contribution in [0.15, 0.2) is 36.0 Å². The number of nitrogens with one attached hydrogen (secondary N) is 1. The number of fused-ring (bicyclic) bond motifs is 1. The molecule has 8 heteroatoms. The second-order valence-electron chi connectivity index (χ2n) is 8.82. The number of carbonyl (C=O) groups is 1. The van der Waals surface area contributed by atoms with Crippen molar-refractivity contribution in [2.75, 3.05) is 19.6 Å². The topological polar surface area (TPSA) is 76.2 Å². The lowest BCUT2D eigenvalue weighted by molar-refractivity contribution is 0.0645. The molecular weight excluding hydrogens is 430 g/mol. The fraction of sp³-hybridized carbons (Fsp3) is 0.478. The smallest absolute Gasteiger partial charge is 0.253 e. The van der Waals surface area contributed by atoms with E-state index < -0.39 is 0 Å². The van der Waals surface area contributed by atoms with Gasteiger partial charge in [-0.1, -0.05) is 36.9 Å². The van der Waals surface area contributed by atoms with Gasteiger partial charge in [-0.15, -0.1) is 11.3 Å². The number of nitrogens with two attached hydrogens (primary N) is 1. The standard InChI is InChI=1S/C23H28ClN5OS/c24-18-5-4-6-19-20(18)17(14-29(19)22-26-10-12-31-22)21(30)27-15-23(8-2-1-3-9-23)28-11-7-16(25)13-28/h4-6,10,12,14,16H,1-3,7-9,11,13,15,25H2,(H,27,30)/t16-/m1/s1. The Kier molecular flexibility index (Phi) is 5.77. The Morgan fingerprint density at radius 2 is 2.16 bits per heavy atom. The summed E-state index contributed by atoms with van der Waals surface area (Å²) < 4.78 is 1.96. The van der Waals surface area contributed by atoms with Crippen LogP contribution in [0.25, 0.3) is 16.0 Å². The van der Waals surface area contributed by atoms with Gasteiger partial charge in [0.05, 0.1) is 16.1 Å². The molecule has 1 atom stereocenters. The van der Waals surface area contributed by atoms with Crippen LogP contribution in [-0.4, -0.2) is 51.6 Å². The first-order valence-corrected chi connectivity index (χ1v) is 12.3. The summed E-state index contributed by atoms with van der Waals surface area (Å²) >= 11 is 8.08. The maximum absolute atomic E-state index is 13.4. The molecule has 1 amide bonds. The van der Waals surface area contributed by atoms with Crippen LogP contribution < -0.4 is 11.1 Å². The molecule has 2 aromatic heterocycles. The minimum atomic E-state index is -0.0816. The molecule has 0 bridgehead atoms. The lowest BCUT2D eigenvalue weighted by Crippen LogP contribution is -2.56. The van der Waals surface area contributed by atoms with E-state index in [9.17, 15) is 4.79 Å². The molecular formula is C23H28ClN5OS. The minimum absolute atomic E-state index is 0.0134. The average molecular weight is 458 g/mol. The molecule has 31 heavy (non-hydrogen) atoms. The van der Waals surface area contributed by atoms with Gasteiger partial charge >= 0.3 is 0 Å². The van der Waals surface area contributed by atoms with Crippen molar-refractivity contribution in [1.82, 2.24) is 19.8 Å². The van der Waals surface area contributed by atoms with Crippen molar-refractivity contribution in [2.45, 2.75) is 50.1 Å². The molecule has 0 spiro atoms. The lowest BCUT2D eigenvalue weighted by atomic mass is 9.80. The maximum Gasteiger partial charge on any atom is 0.253 e. The molecule has 2 fully saturated rings. The Bertz CT molecular complexity index is 1070. The molecule has 1 aliphatic heterocycles. The van der Waals surface area contributed by atoms with Gasteiger partial charge in [0.25, 0.3) is 5.91 Å². The fourth-order valence-corrected chi connectivity index (χ4v) is 6.18. The van der Waals surface area contributed by atoms with Crippen molar-refractivity contribution in [3.63, 3.8) is 0 Å². The summed E-state index contributed by atoms with van der Waals surface area (Å²) in [6.07, 6.45) is 10.6. The zero-order valence-electron chi connectivity index (χ0n) is 17.5. The van der Waals surface area contributed by atoms with E-state index in [4.69, 9.17) is 17.3 Å². The van der Waals surface area contributed by atoms with E-state index in [1.165, 1.54) is 30.6 Å². The van der Waals surface area contributed by atoms with Crippen LogP contribution >= 0.6 is 22.9 Å². The van der Waals surface area contributed by atoms with E-state index >= 15 is 0 Å². The van der Waals surface area contributed by atoms with Gasteiger partial charge in [0, 0.05) is 54.4 Å². The number of halogens is 1. The highest BCUT2D eigenvalue weighted by Crippen LogP contribution is 2.36. The van der Waals surface area contributed by atoms with Crippen LogP contribution in [0.4, 0.5) is 0 Å². The zero-order valence-corrected chi connectivity index (χ0v) is 19.1. The number of aromatic nitrogens is 2. The second kappa shape index (κ2) is 8.54. The summed E-state index contributed by atoms with van der Waals surface area (Å²) in [5.74, 6) is -0.0816. The molecule has 0 radical (unpaired) electrons. The quantitative estimate of drug-likeness (QED) is 0.601. The van der Waals surface area contributed by atoms with Gasteiger partial charge < -0.3 is 11.1 Å². The summed E-state index contributed by atoms with van der Waals surface area (Å²) in [5, 5.41) is 7.37. The van der Waals surface area contributed by atoms with Gasteiger partial charge in [0.1, 0.15) is 0 Å². The van der Waals surface area contributed by atoms with Crippen LogP contribution in [0.3, 0.4) is 0 Å². The number of nitrogens with zero attached hydrogens (tertiary/aromatic N) is 3. The Hall–Kier alpha value is -1.93. The minimum Gasteiger partial charge on any atom is -0.350 e. The zero-order chi connectivity index (χ0) is 21.4. The van der Waals surface area contributed by atoms with E-state index in [1.807, 2.05) is 34.3 Å². The van der Waals surface area contributed by atoms with Crippen LogP contribution in [0.1, 0.15) is 48.9 Å². The molecule has 2 aliphatic rings. The highest BCUT2D eigenvalue weighted by molar-refractivity contribution is 7.12. The largest absolute Gasteiger partial charge is 0.350 e. The molecule has 5 rings (SSSR count). The molecule has 3 aromatic rings. The molecule has 6 nitrogen and oxygen atoms in total. The molecule has 0 unspecified atom stereocenters. The van der Waals surface area contributed by atoms with Crippen LogP contribution in [0.2, 0.25) is 5.02 Å². The number of benzene rings is 1. The van der Waals surface area contributed by atoms with Gasteiger partial charge in [-0.3, -0.25) is 14.3 Å². The fourth-order valence-electron chi connectivity index (χ4n) is 5.28. The molecule has 3 heterocycles. The highest BCUT2D eigenvalue weighted by atomic mass is 35.5. The van der Waals surface area contributed by atoms with Gasteiger partial charge in [-0.2, -0.15) is 0 Å². The van der Waals surface area contributed by atoms with E-state index in [2.05, 4.69) is 15.2 Å². The number of hydrogen-bond acceptors (Lipinski definition) is 5. The van der Waals surface area contributed by atoms with E-state index in [0.29, 0.717) is 17.1 Å². The highest BCUT2D eigenvalue weighted by Gasteiger charge is 2.41. The third-order valence-corrected chi connectivity index (χ3v) is 7.99. The van der Waals surface area contributed by atoms with Gasteiger partial charge in [-0.05, 0) is 31.4 Å². The second-order valence-corrected chi connectivity index (χ2v) is 10.1. The van der Waals surface area contributed by atoms with Crippen LogP contribution in [0.5, 0.6) is 0 Å². The third kappa shape index (κ3) is 3.89. The van der Waals surface area contributed by atoms with Gasteiger partial charge in [0.2, 0.25) is 0 Å². The third-order valence-electron chi connectivity index (χ3n) is 6.91. The maximum atomic E-state index is 13.4. The SMILES string of the molecule is N[C@@H]1CCN(C2(CNC(=O)c3cn(-c4nccs4)c4cccc(Cl)c34)CCCCC2)C1. The Balaban J connectivity index is 1.44. The normalized spacial score (nSPS) is 21.5. The van der Waals surface area contributed by atoms with Gasteiger partial charge in [-0.25, -0.2) is 4.98 Å². The number of likely N-dealkylation sites (tertiary alicyclic amines) is 1. The Morgan fingerprint density at radius 3 is 2.87 bits per heavy atom. The van der Waals surface area contributed by atoms with Crippen molar-refractivity contribution in [3.8, 4) is 5.13 Å². The number of thiazole rings is 1. The molecule has 1 aromatic carbocycles. The predicted octanol–water partition coefficient (Wildman–Crippen LogP) is 4.21. The number of amides is 1. The van der Waals surface area contributed by atoms with Crippen molar-refractivity contribution < 1.29 is 4.79 Å². The molecule has 1 saturated heterocycles. The van der Waals surface area contributed by atoms with E-state index in [1.54, 1.807) is 6.20 Å². The number of rotatable bonds is 5. The number of hydrogen-bond donors (Lipinski definition) is 2. The van der Waals surface area contributed by atoms with E-state index in [-0.39, 0.29) is 17.5 Å². The summed E-state index contributed by atoms with van der Waals surface area (Å²) in [5.41, 5.74) is 7.72. The average Bonchev–Trinajstić information content (AvgIpc) is 3.52. The Morgan fingerprint density at radius 1 is 1.32 bits per heavy atom. The summed E-state index contributed by atoms with van der Waals surface area (Å²) in [6.45, 7) is 2.59. The summed E-state index contributed by atoms with van der Waals surface area (Å²) in [7, 11) is 0. The first kappa shape index (κ1) is 20.9. The van der Waals surface area contributed by atoms with Crippen LogP contribution in [-0.2, 0) is 0 Å². The van der Waals surface area contributed by atoms with Crippen molar-refractivity contribution in [3.05, 3.63) is 46.6 Å². The summed E-state index contributed by atoms with van der Waals surface area (Å²) in [6, 6.07) is 5.96. The first-order chi connectivity index (χ1) is 15.1.